The molecule has 148 valence electrons. The summed E-state index contributed by atoms with van der Waals surface area (Å²) in [6.45, 7) is 3.40. The number of amides is 2. The average molecular weight is 402 g/mol. The number of aryl methyl sites for hydroxylation is 2. The number of likely N-dealkylation sites (tertiary alicyclic amines) is 1. The maximum absolute atomic E-state index is 13.3. The highest BCUT2D eigenvalue weighted by Crippen LogP contribution is 2.59. The van der Waals surface area contributed by atoms with Crippen molar-refractivity contribution in [3.63, 3.8) is 0 Å². The van der Waals surface area contributed by atoms with E-state index >= 15 is 0 Å². The Kier molecular flexibility index (Phi) is 5.19. The van der Waals surface area contributed by atoms with Crippen LogP contribution in [0.15, 0.2) is 29.8 Å². The number of rotatable bonds is 5. The summed E-state index contributed by atoms with van der Waals surface area (Å²) in [5.41, 5.74) is 3.35. The number of hydrogen-bond donors (Lipinski definition) is 1. The largest absolute Gasteiger partial charge is 0.343 e. The Labute approximate surface area is 168 Å². The lowest BCUT2D eigenvalue weighted by Gasteiger charge is -2.33. The van der Waals surface area contributed by atoms with E-state index in [1.54, 1.807) is 23.5 Å². The summed E-state index contributed by atoms with van der Waals surface area (Å²) in [5, 5.41) is 2.83. The maximum Gasteiger partial charge on any atom is 0.228 e. The first kappa shape index (κ1) is 19.1. The molecule has 0 bridgehead atoms. The summed E-state index contributed by atoms with van der Waals surface area (Å²) < 4.78 is 13.3. The predicted octanol–water partition coefficient (Wildman–Crippen LogP) is 3.79. The summed E-state index contributed by atoms with van der Waals surface area (Å²) >= 11 is 1.60. The second-order valence-corrected chi connectivity index (χ2v) is 8.80. The van der Waals surface area contributed by atoms with Gasteiger partial charge in [-0.15, -0.1) is 11.3 Å². The Hall–Kier alpha value is -2.28. The molecule has 1 spiro atoms. The molecule has 1 aliphatic carbocycles. The molecule has 1 saturated carbocycles. The normalized spacial score (nSPS) is 20.2. The Morgan fingerprint density at radius 1 is 1.36 bits per heavy atom. The number of thiazole rings is 1. The fourth-order valence-electron chi connectivity index (χ4n) is 4.21. The first-order valence-electron chi connectivity index (χ1n) is 9.70. The van der Waals surface area contributed by atoms with Gasteiger partial charge < -0.3 is 10.2 Å². The predicted molar refractivity (Wildman–Crippen MR) is 107 cm³/mol. The third-order valence-corrected chi connectivity index (χ3v) is 7.12. The molecule has 0 radical (unpaired) electrons. The van der Waals surface area contributed by atoms with E-state index in [2.05, 4.69) is 10.3 Å². The molecule has 1 aliphatic heterocycles. The third kappa shape index (κ3) is 3.94. The summed E-state index contributed by atoms with van der Waals surface area (Å²) in [6, 6.07) is 5.98. The number of piperidine rings is 1. The van der Waals surface area contributed by atoms with Gasteiger partial charge in [0.1, 0.15) is 5.82 Å². The van der Waals surface area contributed by atoms with Crippen molar-refractivity contribution in [2.45, 2.75) is 39.0 Å². The molecule has 2 heterocycles. The third-order valence-electron chi connectivity index (χ3n) is 6.12. The summed E-state index contributed by atoms with van der Waals surface area (Å²) in [6.07, 6.45) is 3.84. The Morgan fingerprint density at radius 3 is 2.82 bits per heavy atom. The standard InChI is InChI=1S/C21H24FN3O2S/c1-14-18(28-13-23-14)5-6-19(26)25-9-7-21(8-10-25)12-17(21)20(27)24-16-4-2-3-15(22)11-16/h2-4,11,13,17H,5-10,12H2,1H3,(H,24,27). The number of carbonyl (C=O) groups is 2. The van der Waals surface area contributed by atoms with Gasteiger partial charge in [-0.2, -0.15) is 0 Å². The van der Waals surface area contributed by atoms with Crippen LogP contribution in [0.25, 0.3) is 0 Å². The van der Waals surface area contributed by atoms with Crippen molar-refractivity contribution in [1.29, 1.82) is 0 Å². The van der Waals surface area contributed by atoms with Crippen molar-refractivity contribution in [3.05, 3.63) is 46.2 Å². The van der Waals surface area contributed by atoms with E-state index in [-0.39, 0.29) is 29.0 Å². The van der Waals surface area contributed by atoms with Crippen molar-refractivity contribution in [2.75, 3.05) is 18.4 Å². The van der Waals surface area contributed by atoms with Crippen molar-refractivity contribution >= 4 is 28.8 Å². The molecular formula is C21H24FN3O2S. The summed E-state index contributed by atoms with van der Waals surface area (Å²) in [7, 11) is 0. The molecule has 1 atom stereocenters. The molecular weight excluding hydrogens is 377 g/mol. The zero-order valence-electron chi connectivity index (χ0n) is 15.9. The molecule has 2 aliphatic rings. The van der Waals surface area contributed by atoms with Crippen LogP contribution in [0.4, 0.5) is 10.1 Å². The van der Waals surface area contributed by atoms with Gasteiger partial charge in [0.2, 0.25) is 11.8 Å². The molecule has 28 heavy (non-hydrogen) atoms. The Morgan fingerprint density at radius 2 is 2.14 bits per heavy atom. The van der Waals surface area contributed by atoms with Crippen LogP contribution in [-0.2, 0) is 16.0 Å². The minimum Gasteiger partial charge on any atom is -0.343 e. The lowest BCUT2D eigenvalue weighted by atomic mass is 9.90. The van der Waals surface area contributed by atoms with Crippen molar-refractivity contribution in [1.82, 2.24) is 9.88 Å². The number of hydrogen-bond acceptors (Lipinski definition) is 4. The van der Waals surface area contributed by atoms with E-state index in [0.717, 1.165) is 31.4 Å². The lowest BCUT2D eigenvalue weighted by Crippen LogP contribution is -2.40. The Bertz CT molecular complexity index is 889. The zero-order valence-corrected chi connectivity index (χ0v) is 16.7. The van der Waals surface area contributed by atoms with Crippen molar-refractivity contribution < 1.29 is 14.0 Å². The van der Waals surface area contributed by atoms with Gasteiger partial charge in [0.15, 0.2) is 0 Å². The molecule has 2 fully saturated rings. The molecule has 1 unspecified atom stereocenters. The molecule has 2 aromatic rings. The topological polar surface area (TPSA) is 62.3 Å². The number of nitrogens with one attached hydrogen (secondary N) is 1. The molecule has 4 rings (SSSR count). The van der Waals surface area contributed by atoms with Gasteiger partial charge >= 0.3 is 0 Å². The van der Waals surface area contributed by atoms with Gasteiger partial charge in [-0.1, -0.05) is 6.07 Å². The Balaban J connectivity index is 1.25. The van der Waals surface area contributed by atoms with Crippen molar-refractivity contribution in [2.24, 2.45) is 11.3 Å². The summed E-state index contributed by atoms with van der Waals surface area (Å²) in [4.78, 5) is 32.4. The number of aromatic nitrogens is 1. The fourth-order valence-corrected chi connectivity index (χ4v) is 4.99. The van der Waals surface area contributed by atoms with E-state index in [0.29, 0.717) is 25.2 Å². The SMILES string of the molecule is Cc1ncsc1CCC(=O)N1CCC2(CC1)CC2C(=O)Nc1cccc(F)c1. The number of benzene rings is 1. The minimum atomic E-state index is -0.358. The molecule has 1 aromatic carbocycles. The molecule has 7 heteroatoms. The van der Waals surface area contributed by atoms with Crippen LogP contribution in [-0.4, -0.2) is 34.8 Å². The highest BCUT2D eigenvalue weighted by molar-refractivity contribution is 7.09. The lowest BCUT2D eigenvalue weighted by molar-refractivity contribution is -0.132. The minimum absolute atomic E-state index is 0.0163. The molecule has 1 N–H and O–H groups in total. The number of nitrogens with zero attached hydrogens (tertiary/aromatic N) is 2. The van der Waals surface area contributed by atoms with Gasteiger partial charge in [-0.05, 0) is 56.2 Å². The molecule has 2 amide bonds. The van der Waals surface area contributed by atoms with Crippen molar-refractivity contribution in [3.8, 4) is 0 Å². The van der Waals surface area contributed by atoms with E-state index in [9.17, 15) is 14.0 Å². The van der Waals surface area contributed by atoms with E-state index < -0.39 is 0 Å². The van der Waals surface area contributed by atoms with Gasteiger partial charge in [0, 0.05) is 36.0 Å². The van der Waals surface area contributed by atoms with Gasteiger partial charge in [-0.25, -0.2) is 9.37 Å². The highest BCUT2D eigenvalue weighted by atomic mass is 32.1. The summed E-state index contributed by atoms with van der Waals surface area (Å²) in [5.74, 6) is -0.244. The monoisotopic (exact) mass is 401 g/mol. The van der Waals surface area contributed by atoms with Crippen LogP contribution >= 0.6 is 11.3 Å². The van der Waals surface area contributed by atoms with Crippen LogP contribution in [0.3, 0.4) is 0 Å². The second-order valence-electron chi connectivity index (χ2n) is 7.86. The fraction of sp³-hybridized carbons (Fsp3) is 0.476. The van der Waals surface area contributed by atoms with Gasteiger partial charge in [0.05, 0.1) is 11.2 Å². The smallest absolute Gasteiger partial charge is 0.228 e. The van der Waals surface area contributed by atoms with Crippen LogP contribution in [0, 0.1) is 24.1 Å². The van der Waals surface area contributed by atoms with E-state index in [1.807, 2.05) is 17.3 Å². The van der Waals surface area contributed by atoms with Gasteiger partial charge in [0.25, 0.3) is 0 Å². The highest BCUT2D eigenvalue weighted by Gasteiger charge is 2.58. The second kappa shape index (κ2) is 7.62. The number of halogens is 1. The average Bonchev–Trinajstić information content (AvgIpc) is 3.22. The number of carbonyl (C=O) groups excluding carboxylic acids is 2. The molecule has 5 nitrogen and oxygen atoms in total. The van der Waals surface area contributed by atoms with Crippen LogP contribution in [0.5, 0.6) is 0 Å². The van der Waals surface area contributed by atoms with Crippen LogP contribution in [0.1, 0.15) is 36.3 Å². The molecule has 1 aromatic heterocycles. The zero-order chi connectivity index (χ0) is 19.7. The van der Waals surface area contributed by atoms with Crippen LogP contribution < -0.4 is 5.32 Å². The molecule has 1 saturated heterocycles. The maximum atomic E-state index is 13.3. The first-order valence-corrected chi connectivity index (χ1v) is 10.6. The number of anilines is 1. The quantitative estimate of drug-likeness (QED) is 0.829. The first-order chi connectivity index (χ1) is 13.5. The van der Waals surface area contributed by atoms with E-state index in [1.165, 1.54) is 17.0 Å². The van der Waals surface area contributed by atoms with Gasteiger partial charge in [-0.3, -0.25) is 9.59 Å². The van der Waals surface area contributed by atoms with E-state index in [4.69, 9.17) is 0 Å². The van der Waals surface area contributed by atoms with Crippen LogP contribution in [0.2, 0.25) is 0 Å².